The number of carbonyl (C=O) groups excluding carboxylic acids is 1. The maximum Gasteiger partial charge on any atom is 0.269 e. The van der Waals surface area contributed by atoms with Crippen molar-refractivity contribution in [1.29, 1.82) is 0 Å². The molecule has 0 aromatic carbocycles. The second-order valence-electron chi connectivity index (χ2n) is 4.62. The van der Waals surface area contributed by atoms with E-state index in [1.165, 1.54) is 11.3 Å². The lowest BCUT2D eigenvalue weighted by atomic mass is 10.3. The molecule has 6 nitrogen and oxygen atoms in total. The van der Waals surface area contributed by atoms with Crippen molar-refractivity contribution in [2.24, 2.45) is 0 Å². The van der Waals surface area contributed by atoms with Crippen LogP contribution in [0, 0.1) is 6.92 Å². The van der Waals surface area contributed by atoms with E-state index in [1.807, 2.05) is 20.8 Å². The lowest BCUT2D eigenvalue weighted by molar-refractivity contribution is 0.103. The Hall–Kier alpha value is -2.15. The molecule has 7 heteroatoms. The average molecular weight is 291 g/mol. The first-order valence-corrected chi connectivity index (χ1v) is 7.05. The predicted molar refractivity (Wildman–Crippen MR) is 82.2 cm³/mol. The van der Waals surface area contributed by atoms with Gasteiger partial charge >= 0.3 is 0 Å². The summed E-state index contributed by atoms with van der Waals surface area (Å²) in [6, 6.07) is 3.80. The summed E-state index contributed by atoms with van der Waals surface area (Å²) in [6.07, 6.45) is 1.68. The number of hydrogen-bond donors (Lipinski definition) is 3. The van der Waals surface area contributed by atoms with E-state index in [0.717, 1.165) is 5.69 Å². The van der Waals surface area contributed by atoms with E-state index in [2.05, 4.69) is 20.6 Å². The molecule has 106 valence electrons. The fourth-order valence-electron chi connectivity index (χ4n) is 1.60. The van der Waals surface area contributed by atoms with Crippen LogP contribution in [-0.2, 0) is 0 Å². The molecule has 0 aliphatic carbocycles. The number of amides is 1. The third-order valence-corrected chi connectivity index (χ3v) is 3.53. The molecule has 2 rings (SSSR count). The number of nitrogen functional groups attached to an aromatic ring is 1. The molecule has 0 aliphatic rings. The van der Waals surface area contributed by atoms with E-state index in [-0.39, 0.29) is 17.8 Å². The Kier molecular flexibility index (Phi) is 4.19. The van der Waals surface area contributed by atoms with E-state index in [0.29, 0.717) is 15.7 Å². The molecule has 0 atom stereocenters. The number of aromatic nitrogens is 2. The molecule has 0 saturated heterocycles. The van der Waals surface area contributed by atoms with Crippen molar-refractivity contribution in [2.45, 2.75) is 26.8 Å². The number of hydrogen-bond acceptors (Lipinski definition) is 6. The molecule has 0 radical (unpaired) electrons. The Morgan fingerprint density at radius 2 is 2.20 bits per heavy atom. The van der Waals surface area contributed by atoms with Crippen molar-refractivity contribution < 1.29 is 4.79 Å². The lowest BCUT2D eigenvalue weighted by Gasteiger charge is -2.06. The lowest BCUT2D eigenvalue weighted by Crippen LogP contribution is -2.13. The Labute approximate surface area is 121 Å². The Morgan fingerprint density at radius 3 is 2.85 bits per heavy atom. The second-order valence-corrected chi connectivity index (χ2v) is 5.62. The second kappa shape index (κ2) is 5.87. The summed E-state index contributed by atoms with van der Waals surface area (Å²) in [4.78, 5) is 20.9. The highest BCUT2D eigenvalue weighted by atomic mass is 32.1. The van der Waals surface area contributed by atoms with Crippen LogP contribution in [0.15, 0.2) is 18.3 Å². The van der Waals surface area contributed by atoms with Crippen LogP contribution in [0.25, 0.3) is 0 Å². The van der Waals surface area contributed by atoms with E-state index in [4.69, 9.17) is 5.73 Å². The van der Waals surface area contributed by atoms with Gasteiger partial charge in [0.15, 0.2) is 5.13 Å². The first-order valence-electron chi connectivity index (χ1n) is 6.23. The number of nitrogens with zero attached hydrogens (tertiary/aromatic N) is 2. The minimum Gasteiger partial charge on any atom is -0.382 e. The summed E-state index contributed by atoms with van der Waals surface area (Å²) < 4.78 is 0. The number of carbonyl (C=O) groups is 1. The molecule has 2 aromatic heterocycles. The van der Waals surface area contributed by atoms with E-state index < -0.39 is 0 Å². The van der Waals surface area contributed by atoms with Crippen molar-refractivity contribution in [3.05, 3.63) is 28.9 Å². The number of nitrogens with two attached hydrogens (primary N) is 1. The fraction of sp³-hybridized carbons (Fsp3) is 0.308. The highest BCUT2D eigenvalue weighted by Crippen LogP contribution is 2.26. The summed E-state index contributed by atoms with van der Waals surface area (Å²) in [5.74, 6) is -0.0369. The molecule has 0 aliphatic heterocycles. The van der Waals surface area contributed by atoms with Crippen LogP contribution in [0.5, 0.6) is 0 Å². The third kappa shape index (κ3) is 3.24. The molecule has 0 spiro atoms. The monoisotopic (exact) mass is 291 g/mol. The molecule has 0 fully saturated rings. The maximum atomic E-state index is 12.2. The molecule has 0 saturated carbocycles. The van der Waals surface area contributed by atoms with Crippen LogP contribution in [0.4, 0.5) is 16.6 Å². The van der Waals surface area contributed by atoms with Gasteiger partial charge in [-0.15, -0.1) is 0 Å². The topological polar surface area (TPSA) is 92.9 Å². The Balaban J connectivity index is 2.17. The van der Waals surface area contributed by atoms with Gasteiger partial charge in [-0.2, -0.15) is 0 Å². The zero-order chi connectivity index (χ0) is 14.7. The quantitative estimate of drug-likeness (QED) is 0.804. The van der Waals surface area contributed by atoms with Gasteiger partial charge in [-0.25, -0.2) is 4.98 Å². The van der Waals surface area contributed by atoms with Gasteiger partial charge in [-0.05, 0) is 32.9 Å². The van der Waals surface area contributed by atoms with E-state index in [9.17, 15) is 4.79 Å². The van der Waals surface area contributed by atoms with Crippen molar-refractivity contribution in [3.63, 3.8) is 0 Å². The maximum absolute atomic E-state index is 12.2. The van der Waals surface area contributed by atoms with Crippen molar-refractivity contribution in [2.75, 3.05) is 16.4 Å². The summed E-state index contributed by atoms with van der Waals surface area (Å²) >= 11 is 1.24. The van der Waals surface area contributed by atoms with Gasteiger partial charge in [0.05, 0.1) is 11.4 Å². The summed E-state index contributed by atoms with van der Waals surface area (Å²) in [6.45, 7) is 5.82. The van der Waals surface area contributed by atoms with Gasteiger partial charge in [0, 0.05) is 12.2 Å². The SMILES string of the molecule is Cc1ncccc1NC(=O)c1sc(NC(C)C)nc1N. The van der Waals surface area contributed by atoms with Crippen LogP contribution >= 0.6 is 11.3 Å². The van der Waals surface area contributed by atoms with E-state index >= 15 is 0 Å². The van der Waals surface area contributed by atoms with Crippen LogP contribution in [0.2, 0.25) is 0 Å². The molecular formula is C13H17N5OS. The minimum atomic E-state index is -0.270. The molecule has 0 bridgehead atoms. The minimum absolute atomic E-state index is 0.233. The largest absolute Gasteiger partial charge is 0.382 e. The Morgan fingerprint density at radius 1 is 1.45 bits per heavy atom. The van der Waals surface area contributed by atoms with Gasteiger partial charge in [0.2, 0.25) is 0 Å². The Bertz CT molecular complexity index is 623. The van der Waals surface area contributed by atoms with Gasteiger partial charge < -0.3 is 16.4 Å². The number of nitrogens with one attached hydrogen (secondary N) is 2. The number of anilines is 3. The molecular weight excluding hydrogens is 274 g/mol. The smallest absolute Gasteiger partial charge is 0.269 e. The zero-order valence-corrected chi connectivity index (χ0v) is 12.4. The average Bonchev–Trinajstić information content (AvgIpc) is 2.72. The van der Waals surface area contributed by atoms with Gasteiger partial charge in [0.25, 0.3) is 5.91 Å². The van der Waals surface area contributed by atoms with Crippen LogP contribution < -0.4 is 16.4 Å². The number of thiazole rings is 1. The molecule has 1 amide bonds. The van der Waals surface area contributed by atoms with Crippen LogP contribution in [0.1, 0.15) is 29.2 Å². The van der Waals surface area contributed by atoms with Crippen molar-refractivity contribution >= 4 is 33.9 Å². The normalized spacial score (nSPS) is 10.6. The highest BCUT2D eigenvalue weighted by Gasteiger charge is 2.17. The predicted octanol–water partition coefficient (Wildman–Crippen LogP) is 2.50. The summed E-state index contributed by atoms with van der Waals surface area (Å²) in [5.41, 5.74) is 7.22. The summed E-state index contributed by atoms with van der Waals surface area (Å²) in [5, 5.41) is 6.57. The van der Waals surface area contributed by atoms with Crippen LogP contribution in [-0.4, -0.2) is 21.9 Å². The molecule has 4 N–H and O–H groups in total. The molecule has 20 heavy (non-hydrogen) atoms. The van der Waals surface area contributed by atoms with Crippen molar-refractivity contribution in [3.8, 4) is 0 Å². The number of pyridine rings is 1. The van der Waals surface area contributed by atoms with Gasteiger partial charge in [0.1, 0.15) is 10.7 Å². The van der Waals surface area contributed by atoms with Crippen molar-refractivity contribution in [1.82, 2.24) is 9.97 Å². The molecule has 0 unspecified atom stereocenters. The zero-order valence-electron chi connectivity index (χ0n) is 11.6. The third-order valence-electron chi connectivity index (χ3n) is 2.53. The first kappa shape index (κ1) is 14.3. The van der Waals surface area contributed by atoms with Gasteiger partial charge in [-0.3, -0.25) is 9.78 Å². The van der Waals surface area contributed by atoms with Gasteiger partial charge in [-0.1, -0.05) is 11.3 Å². The molecule has 2 aromatic rings. The fourth-order valence-corrected chi connectivity index (χ4v) is 2.52. The van der Waals surface area contributed by atoms with E-state index in [1.54, 1.807) is 18.3 Å². The molecule has 2 heterocycles. The summed E-state index contributed by atoms with van der Waals surface area (Å²) in [7, 11) is 0. The standard InChI is InChI=1S/C13H17N5OS/c1-7(2)16-13-18-11(14)10(20-13)12(19)17-9-5-4-6-15-8(9)3/h4-7H,14H2,1-3H3,(H,16,18)(H,17,19). The number of aryl methyl sites for hydroxylation is 1. The number of rotatable bonds is 4. The highest BCUT2D eigenvalue weighted by molar-refractivity contribution is 7.18. The van der Waals surface area contributed by atoms with Crippen LogP contribution in [0.3, 0.4) is 0 Å². The first-order chi connectivity index (χ1) is 9.47.